The lowest BCUT2D eigenvalue weighted by Gasteiger charge is -2.20. The number of carbonyl (C=O) groups is 2. The van der Waals surface area contributed by atoms with Crippen LogP contribution in [0.15, 0.2) is 28.7 Å². The Morgan fingerprint density at radius 2 is 1.89 bits per heavy atom. The van der Waals surface area contributed by atoms with Gasteiger partial charge >= 0.3 is 0 Å². The highest BCUT2D eigenvalue weighted by Crippen LogP contribution is 2.25. The molecule has 150 valence electrons. The van der Waals surface area contributed by atoms with Crippen LogP contribution in [0.3, 0.4) is 0 Å². The molecule has 28 heavy (non-hydrogen) atoms. The second-order valence-corrected chi connectivity index (χ2v) is 8.25. The first-order valence-corrected chi connectivity index (χ1v) is 9.65. The Bertz CT molecular complexity index is 844. The van der Waals surface area contributed by atoms with Gasteiger partial charge in [0.15, 0.2) is 5.89 Å². The number of anilines is 1. The van der Waals surface area contributed by atoms with Crippen LogP contribution in [-0.4, -0.2) is 35.4 Å². The molecule has 2 heterocycles. The molecule has 1 aromatic heterocycles. The summed E-state index contributed by atoms with van der Waals surface area (Å²) in [4.78, 5) is 29.2. The van der Waals surface area contributed by atoms with E-state index in [-0.39, 0.29) is 29.0 Å². The SMILES string of the molecule is Cc1nc(C2CCCNC2)oc1C(=O)Nc1ccc(C(=O)NC(C)(C)C)cc1. The summed E-state index contributed by atoms with van der Waals surface area (Å²) in [7, 11) is 0. The number of hydrogen-bond acceptors (Lipinski definition) is 5. The highest BCUT2D eigenvalue weighted by Gasteiger charge is 2.24. The molecule has 2 aromatic rings. The highest BCUT2D eigenvalue weighted by molar-refractivity contribution is 6.03. The van der Waals surface area contributed by atoms with Crippen molar-refractivity contribution in [1.82, 2.24) is 15.6 Å². The van der Waals surface area contributed by atoms with Gasteiger partial charge in [-0.15, -0.1) is 0 Å². The number of aromatic nitrogens is 1. The third-order valence-electron chi connectivity index (χ3n) is 4.56. The quantitative estimate of drug-likeness (QED) is 0.752. The van der Waals surface area contributed by atoms with Crippen LogP contribution in [-0.2, 0) is 0 Å². The second-order valence-electron chi connectivity index (χ2n) is 8.25. The number of nitrogens with one attached hydrogen (secondary N) is 3. The van der Waals surface area contributed by atoms with E-state index in [2.05, 4.69) is 20.9 Å². The smallest absolute Gasteiger partial charge is 0.293 e. The Morgan fingerprint density at radius 3 is 2.50 bits per heavy atom. The summed E-state index contributed by atoms with van der Waals surface area (Å²) in [6.07, 6.45) is 2.08. The maximum absolute atomic E-state index is 12.6. The largest absolute Gasteiger partial charge is 0.435 e. The van der Waals surface area contributed by atoms with E-state index in [9.17, 15) is 9.59 Å². The molecule has 0 radical (unpaired) electrons. The molecule has 1 aromatic carbocycles. The summed E-state index contributed by atoms with van der Waals surface area (Å²) in [6.45, 7) is 9.38. The van der Waals surface area contributed by atoms with Crippen molar-refractivity contribution >= 4 is 17.5 Å². The van der Waals surface area contributed by atoms with Gasteiger partial charge in [-0.25, -0.2) is 4.98 Å². The lowest BCUT2D eigenvalue weighted by atomic mass is 10.00. The average molecular weight is 384 g/mol. The number of nitrogens with zero attached hydrogens (tertiary/aromatic N) is 1. The van der Waals surface area contributed by atoms with Crippen molar-refractivity contribution < 1.29 is 14.0 Å². The van der Waals surface area contributed by atoms with E-state index in [1.165, 1.54) is 0 Å². The number of hydrogen-bond donors (Lipinski definition) is 3. The van der Waals surface area contributed by atoms with Gasteiger partial charge in [0.25, 0.3) is 11.8 Å². The molecule has 1 saturated heterocycles. The van der Waals surface area contributed by atoms with Crippen LogP contribution < -0.4 is 16.0 Å². The van der Waals surface area contributed by atoms with E-state index >= 15 is 0 Å². The van der Waals surface area contributed by atoms with Crippen molar-refractivity contribution in [2.24, 2.45) is 0 Å². The van der Waals surface area contributed by atoms with Crippen molar-refractivity contribution in [2.75, 3.05) is 18.4 Å². The molecule has 1 unspecified atom stereocenters. The molecule has 3 N–H and O–H groups in total. The number of piperidine rings is 1. The minimum absolute atomic E-state index is 0.151. The number of rotatable bonds is 4. The zero-order chi connectivity index (χ0) is 20.3. The van der Waals surface area contributed by atoms with Crippen LogP contribution in [0.4, 0.5) is 5.69 Å². The molecule has 0 spiro atoms. The van der Waals surface area contributed by atoms with Crippen molar-refractivity contribution in [3.05, 3.63) is 47.2 Å². The summed E-state index contributed by atoms with van der Waals surface area (Å²) in [5, 5.41) is 9.04. The molecule has 3 rings (SSSR count). The minimum atomic E-state index is -0.341. The van der Waals surface area contributed by atoms with Crippen molar-refractivity contribution in [1.29, 1.82) is 0 Å². The summed E-state index contributed by atoms with van der Waals surface area (Å²) in [6, 6.07) is 6.77. The Morgan fingerprint density at radius 1 is 1.18 bits per heavy atom. The molecule has 0 saturated carbocycles. The zero-order valence-corrected chi connectivity index (χ0v) is 16.9. The fourth-order valence-corrected chi connectivity index (χ4v) is 3.17. The predicted molar refractivity (Wildman–Crippen MR) is 108 cm³/mol. The van der Waals surface area contributed by atoms with E-state index in [4.69, 9.17) is 4.42 Å². The zero-order valence-electron chi connectivity index (χ0n) is 16.9. The third-order valence-corrected chi connectivity index (χ3v) is 4.56. The fraction of sp³-hybridized carbons (Fsp3) is 0.476. The van der Waals surface area contributed by atoms with Crippen LogP contribution in [0.2, 0.25) is 0 Å². The number of amides is 2. The Hall–Kier alpha value is -2.67. The molecule has 1 fully saturated rings. The standard InChI is InChI=1S/C21H28N4O3/c1-13-17(28-20(23-13)15-6-5-11-22-12-15)19(27)24-16-9-7-14(8-10-16)18(26)25-21(2,3)4/h7-10,15,22H,5-6,11-12H2,1-4H3,(H,24,27)(H,25,26). The first-order valence-electron chi connectivity index (χ1n) is 9.65. The molecule has 0 bridgehead atoms. The molecule has 7 heteroatoms. The lowest BCUT2D eigenvalue weighted by molar-refractivity contribution is 0.0919. The molecular weight excluding hydrogens is 356 g/mol. The lowest BCUT2D eigenvalue weighted by Crippen LogP contribution is -2.40. The Balaban J connectivity index is 1.66. The van der Waals surface area contributed by atoms with Crippen LogP contribution >= 0.6 is 0 Å². The Kier molecular flexibility index (Phi) is 5.84. The van der Waals surface area contributed by atoms with Gasteiger partial charge in [0, 0.05) is 29.3 Å². The molecule has 2 amide bonds. The molecular formula is C21H28N4O3. The summed E-state index contributed by atoms with van der Waals surface area (Å²) in [5.74, 6) is 0.558. The molecule has 0 aliphatic carbocycles. The van der Waals surface area contributed by atoms with Gasteiger partial charge in [0.1, 0.15) is 0 Å². The van der Waals surface area contributed by atoms with E-state index in [1.807, 2.05) is 20.8 Å². The summed E-state index contributed by atoms with van der Waals surface area (Å²) < 4.78 is 5.78. The van der Waals surface area contributed by atoms with Crippen molar-refractivity contribution in [3.63, 3.8) is 0 Å². The van der Waals surface area contributed by atoms with E-state index in [1.54, 1.807) is 31.2 Å². The van der Waals surface area contributed by atoms with Gasteiger partial charge in [-0.3, -0.25) is 9.59 Å². The van der Waals surface area contributed by atoms with Gasteiger partial charge in [-0.05, 0) is 71.3 Å². The average Bonchev–Trinajstić information content (AvgIpc) is 3.03. The van der Waals surface area contributed by atoms with Gasteiger partial charge in [-0.1, -0.05) is 0 Å². The van der Waals surface area contributed by atoms with Gasteiger partial charge in [-0.2, -0.15) is 0 Å². The van der Waals surface area contributed by atoms with Crippen LogP contribution in [0.1, 0.15) is 72.0 Å². The number of aryl methyl sites for hydroxylation is 1. The third kappa shape index (κ3) is 4.98. The minimum Gasteiger partial charge on any atom is -0.435 e. The molecule has 1 aliphatic heterocycles. The maximum atomic E-state index is 12.6. The van der Waals surface area contributed by atoms with E-state index < -0.39 is 0 Å². The second kappa shape index (κ2) is 8.14. The maximum Gasteiger partial charge on any atom is 0.293 e. The van der Waals surface area contributed by atoms with Gasteiger partial charge in [0.2, 0.25) is 5.76 Å². The first-order chi connectivity index (χ1) is 13.2. The summed E-state index contributed by atoms with van der Waals surface area (Å²) in [5.41, 5.74) is 1.41. The first kappa shape index (κ1) is 20.1. The molecule has 1 aliphatic rings. The van der Waals surface area contributed by atoms with Gasteiger partial charge < -0.3 is 20.4 Å². The topological polar surface area (TPSA) is 96.3 Å². The number of benzene rings is 1. The monoisotopic (exact) mass is 384 g/mol. The summed E-state index contributed by atoms with van der Waals surface area (Å²) >= 11 is 0. The highest BCUT2D eigenvalue weighted by atomic mass is 16.4. The Labute approximate surface area is 165 Å². The molecule has 7 nitrogen and oxygen atoms in total. The van der Waals surface area contributed by atoms with Gasteiger partial charge in [0.05, 0.1) is 5.69 Å². The van der Waals surface area contributed by atoms with E-state index in [0.29, 0.717) is 22.8 Å². The number of oxazole rings is 1. The predicted octanol–water partition coefficient (Wildman–Crippen LogP) is 3.23. The van der Waals surface area contributed by atoms with Crippen LogP contribution in [0.25, 0.3) is 0 Å². The van der Waals surface area contributed by atoms with Crippen molar-refractivity contribution in [3.8, 4) is 0 Å². The van der Waals surface area contributed by atoms with E-state index in [0.717, 1.165) is 25.9 Å². The van der Waals surface area contributed by atoms with Crippen LogP contribution in [0.5, 0.6) is 0 Å². The van der Waals surface area contributed by atoms with Crippen molar-refractivity contribution in [2.45, 2.75) is 52.0 Å². The number of carbonyl (C=O) groups excluding carboxylic acids is 2. The fourth-order valence-electron chi connectivity index (χ4n) is 3.17. The normalized spacial score (nSPS) is 17.2. The molecule has 1 atom stereocenters. The van der Waals surface area contributed by atoms with Crippen LogP contribution in [0, 0.1) is 6.92 Å².